The molecule has 2 N–H and O–H groups in total. The predicted molar refractivity (Wildman–Crippen MR) is 76.9 cm³/mol. The van der Waals surface area contributed by atoms with Crippen molar-refractivity contribution in [1.29, 1.82) is 0 Å². The molecule has 1 aromatic carbocycles. The Hall–Kier alpha value is -1.88. The fourth-order valence-corrected chi connectivity index (χ4v) is 3.29. The summed E-state index contributed by atoms with van der Waals surface area (Å²) in [6, 6.07) is 3.23. The number of nitrogens with one attached hydrogen (secondary N) is 1. The summed E-state index contributed by atoms with van der Waals surface area (Å²) in [5, 5.41) is 10.2. The van der Waals surface area contributed by atoms with Gasteiger partial charge in [0, 0.05) is 10.9 Å². The third kappa shape index (κ3) is 2.03. The number of H-pyrrole nitrogens is 1. The average Bonchev–Trinajstić information content (AvgIpc) is 2.83. The fourth-order valence-electron chi connectivity index (χ4n) is 3.29. The molecule has 3 rings (SSSR count). The number of carboxylic acid groups (broad SMARTS) is 1. The van der Waals surface area contributed by atoms with Gasteiger partial charge in [-0.05, 0) is 37.5 Å². The molecule has 1 aliphatic rings. The average molecular weight is 291 g/mol. The molecular formula is C16H18FNO3. The minimum absolute atomic E-state index is 0.0924. The van der Waals surface area contributed by atoms with Gasteiger partial charge in [0.1, 0.15) is 11.4 Å². The lowest BCUT2D eigenvalue weighted by Crippen LogP contribution is -2.37. The maximum absolute atomic E-state index is 13.8. The van der Waals surface area contributed by atoms with E-state index in [1.165, 1.54) is 6.07 Å². The number of halogens is 1. The van der Waals surface area contributed by atoms with Crippen LogP contribution < -0.4 is 0 Å². The highest BCUT2D eigenvalue weighted by molar-refractivity contribution is 5.88. The van der Waals surface area contributed by atoms with Crippen LogP contribution in [0.25, 0.3) is 10.9 Å². The van der Waals surface area contributed by atoms with Crippen molar-refractivity contribution in [2.24, 2.45) is 0 Å². The minimum Gasteiger partial charge on any atom is -0.481 e. The molecule has 0 saturated heterocycles. The SMILES string of the molecule is CC[C@@]1(CC(=O)O)OCCc2c1[nH]c1c(C)c(F)ccc21. The highest BCUT2D eigenvalue weighted by Gasteiger charge is 2.41. The zero-order valence-electron chi connectivity index (χ0n) is 12.1. The summed E-state index contributed by atoms with van der Waals surface area (Å²) in [7, 11) is 0. The second-order valence-electron chi connectivity index (χ2n) is 5.59. The van der Waals surface area contributed by atoms with Gasteiger partial charge in [-0.25, -0.2) is 4.39 Å². The molecule has 21 heavy (non-hydrogen) atoms. The topological polar surface area (TPSA) is 62.3 Å². The van der Waals surface area contributed by atoms with Gasteiger partial charge in [0.25, 0.3) is 0 Å². The van der Waals surface area contributed by atoms with Gasteiger partial charge in [-0.15, -0.1) is 0 Å². The molecule has 0 radical (unpaired) electrons. The maximum Gasteiger partial charge on any atom is 0.306 e. The Morgan fingerprint density at radius 1 is 1.52 bits per heavy atom. The number of hydrogen-bond donors (Lipinski definition) is 2. The van der Waals surface area contributed by atoms with E-state index in [9.17, 15) is 14.3 Å². The number of aromatic nitrogens is 1. The molecule has 112 valence electrons. The number of carbonyl (C=O) groups is 1. The van der Waals surface area contributed by atoms with Crippen LogP contribution in [0.4, 0.5) is 4.39 Å². The van der Waals surface area contributed by atoms with Crippen molar-refractivity contribution in [3.8, 4) is 0 Å². The summed E-state index contributed by atoms with van der Waals surface area (Å²) in [6.07, 6.45) is 1.17. The monoisotopic (exact) mass is 291 g/mol. The molecule has 0 saturated carbocycles. The second-order valence-corrected chi connectivity index (χ2v) is 5.59. The predicted octanol–water partition coefficient (Wildman–Crippen LogP) is 3.27. The van der Waals surface area contributed by atoms with E-state index in [1.807, 2.05) is 6.92 Å². The largest absolute Gasteiger partial charge is 0.481 e. The van der Waals surface area contributed by atoms with Crippen LogP contribution in [-0.4, -0.2) is 22.7 Å². The van der Waals surface area contributed by atoms with E-state index in [1.54, 1.807) is 13.0 Å². The molecule has 2 heterocycles. The number of aliphatic carboxylic acids is 1. The zero-order chi connectivity index (χ0) is 15.2. The van der Waals surface area contributed by atoms with Gasteiger partial charge in [-0.2, -0.15) is 0 Å². The van der Waals surface area contributed by atoms with Crippen molar-refractivity contribution >= 4 is 16.9 Å². The Morgan fingerprint density at radius 3 is 2.95 bits per heavy atom. The highest BCUT2D eigenvalue weighted by atomic mass is 19.1. The van der Waals surface area contributed by atoms with Crippen molar-refractivity contribution in [2.45, 2.75) is 38.7 Å². The summed E-state index contributed by atoms with van der Waals surface area (Å²) in [5.74, 6) is -1.16. The lowest BCUT2D eigenvalue weighted by Gasteiger charge is -2.35. The smallest absolute Gasteiger partial charge is 0.306 e. The molecule has 1 atom stereocenters. The van der Waals surface area contributed by atoms with Gasteiger partial charge in [0.15, 0.2) is 0 Å². The zero-order valence-corrected chi connectivity index (χ0v) is 12.1. The van der Waals surface area contributed by atoms with E-state index < -0.39 is 11.6 Å². The highest BCUT2D eigenvalue weighted by Crippen LogP contribution is 2.42. The number of hydrogen-bond acceptors (Lipinski definition) is 2. The van der Waals surface area contributed by atoms with E-state index in [-0.39, 0.29) is 12.2 Å². The first-order valence-corrected chi connectivity index (χ1v) is 7.14. The maximum atomic E-state index is 13.8. The van der Waals surface area contributed by atoms with Crippen LogP contribution >= 0.6 is 0 Å². The third-order valence-corrected chi connectivity index (χ3v) is 4.47. The van der Waals surface area contributed by atoms with E-state index in [2.05, 4.69) is 4.98 Å². The second kappa shape index (κ2) is 4.84. The van der Waals surface area contributed by atoms with Gasteiger partial charge >= 0.3 is 5.97 Å². The summed E-state index contributed by atoms with van der Waals surface area (Å²) >= 11 is 0. The molecule has 0 aliphatic carbocycles. The van der Waals surface area contributed by atoms with E-state index >= 15 is 0 Å². The summed E-state index contributed by atoms with van der Waals surface area (Å²) in [5.41, 5.74) is 2.31. The first-order valence-electron chi connectivity index (χ1n) is 7.14. The molecule has 0 spiro atoms. The molecule has 0 bridgehead atoms. The van der Waals surface area contributed by atoms with Crippen LogP contribution in [0.5, 0.6) is 0 Å². The van der Waals surface area contributed by atoms with Gasteiger partial charge in [0.05, 0.1) is 24.2 Å². The Bertz CT molecular complexity index is 722. The van der Waals surface area contributed by atoms with Crippen molar-refractivity contribution < 1.29 is 19.0 Å². The molecular weight excluding hydrogens is 273 g/mol. The third-order valence-electron chi connectivity index (χ3n) is 4.47. The molecule has 4 nitrogen and oxygen atoms in total. The number of ether oxygens (including phenoxy) is 1. The molecule has 1 aromatic heterocycles. The fraction of sp³-hybridized carbons (Fsp3) is 0.438. The molecule has 0 unspecified atom stereocenters. The number of rotatable bonds is 3. The van der Waals surface area contributed by atoms with Crippen molar-refractivity contribution in [1.82, 2.24) is 4.98 Å². The first-order chi connectivity index (χ1) is 9.98. The van der Waals surface area contributed by atoms with E-state index in [0.29, 0.717) is 25.0 Å². The standard InChI is InChI=1S/C16H18FNO3/c1-3-16(8-13(19)20)15-11(6-7-21-16)10-4-5-12(17)9(2)14(10)18-15/h4-5,18H,3,6-8H2,1-2H3,(H,19,20)/t16-/m0/s1. The molecule has 1 aliphatic heterocycles. The Labute approximate surface area is 121 Å². The quantitative estimate of drug-likeness (QED) is 0.912. The van der Waals surface area contributed by atoms with Crippen LogP contribution in [0, 0.1) is 12.7 Å². The number of aromatic amines is 1. The summed E-state index contributed by atoms with van der Waals surface area (Å²) < 4.78 is 19.6. The molecule has 0 fully saturated rings. The lowest BCUT2D eigenvalue weighted by atomic mass is 9.86. The normalized spacial score (nSPS) is 21.5. The van der Waals surface area contributed by atoms with E-state index in [0.717, 1.165) is 22.2 Å². The van der Waals surface area contributed by atoms with Crippen molar-refractivity contribution in [3.63, 3.8) is 0 Å². The molecule has 2 aromatic rings. The molecule has 5 heteroatoms. The van der Waals surface area contributed by atoms with Crippen LogP contribution in [0.2, 0.25) is 0 Å². The number of benzene rings is 1. The number of carboxylic acids is 1. The summed E-state index contributed by atoms with van der Waals surface area (Å²) in [4.78, 5) is 14.5. The van der Waals surface area contributed by atoms with Crippen molar-refractivity contribution in [2.75, 3.05) is 6.61 Å². The lowest BCUT2D eigenvalue weighted by molar-refractivity contribution is -0.148. The minimum atomic E-state index is -0.897. The molecule has 0 amide bonds. The van der Waals surface area contributed by atoms with E-state index in [4.69, 9.17) is 4.74 Å². The van der Waals surface area contributed by atoms with Gasteiger partial charge in [-0.1, -0.05) is 6.92 Å². The van der Waals surface area contributed by atoms with Crippen LogP contribution in [-0.2, 0) is 21.6 Å². The van der Waals surface area contributed by atoms with Crippen LogP contribution in [0.3, 0.4) is 0 Å². The Balaban J connectivity index is 2.26. The number of aryl methyl sites for hydroxylation is 1. The summed E-state index contributed by atoms with van der Waals surface area (Å²) in [6.45, 7) is 4.12. The van der Waals surface area contributed by atoms with Crippen LogP contribution in [0.1, 0.15) is 36.6 Å². The van der Waals surface area contributed by atoms with Gasteiger partial charge in [-0.3, -0.25) is 4.79 Å². The Morgan fingerprint density at radius 2 is 2.29 bits per heavy atom. The Kier molecular flexibility index (Phi) is 3.24. The van der Waals surface area contributed by atoms with Crippen LogP contribution in [0.15, 0.2) is 12.1 Å². The van der Waals surface area contributed by atoms with Gasteiger partial charge < -0.3 is 14.8 Å². The van der Waals surface area contributed by atoms with Gasteiger partial charge in [0.2, 0.25) is 0 Å². The number of fused-ring (bicyclic) bond motifs is 3. The first kappa shape index (κ1) is 14.1. The van der Waals surface area contributed by atoms with Crippen molar-refractivity contribution in [3.05, 3.63) is 34.8 Å².